The Hall–Kier alpha value is -1.66. The smallest absolute Gasteiger partial charge is 0.339 e. The molecule has 2 rings (SSSR count). The van der Waals surface area contributed by atoms with Crippen molar-refractivity contribution in [1.82, 2.24) is 0 Å². The average Bonchev–Trinajstić information content (AvgIpc) is 2.46. The Kier molecular flexibility index (Phi) is 4.49. The number of hydrogen-bond acceptors (Lipinski definition) is 4. The lowest BCUT2D eigenvalue weighted by Gasteiger charge is -2.08. The van der Waals surface area contributed by atoms with E-state index in [0.717, 1.165) is 17.4 Å². The Morgan fingerprint density at radius 3 is 2.38 bits per heavy atom. The molecule has 0 unspecified atom stereocenters. The molecule has 0 aliphatic heterocycles. The Balaban J connectivity index is 2.55. The lowest BCUT2D eigenvalue weighted by molar-refractivity contribution is 0.0599. The minimum absolute atomic E-state index is 0.238. The molecule has 4 nitrogen and oxygen atoms in total. The van der Waals surface area contributed by atoms with Gasteiger partial charge in [0, 0.05) is 10.7 Å². The third-order valence-corrected chi connectivity index (χ3v) is 4.77. The van der Waals surface area contributed by atoms with Gasteiger partial charge in [-0.25, -0.2) is 13.2 Å². The molecule has 0 radical (unpaired) electrons. The largest absolute Gasteiger partial charge is 0.465 e. The molecule has 2 aromatic carbocycles. The maximum absolute atomic E-state index is 11.7. The fraction of sp³-hybridized carbons (Fsp3) is 0.133. The van der Waals surface area contributed by atoms with Crippen LogP contribution in [0.1, 0.15) is 10.4 Å². The quantitative estimate of drug-likeness (QED) is 0.779. The highest BCUT2D eigenvalue weighted by Crippen LogP contribution is 2.27. The van der Waals surface area contributed by atoms with Crippen molar-refractivity contribution < 1.29 is 17.9 Å². The molecule has 6 heteroatoms. The van der Waals surface area contributed by atoms with Gasteiger partial charge in [0.1, 0.15) is 0 Å². The number of methoxy groups -OCH3 is 1. The molecule has 0 aliphatic carbocycles. The van der Waals surface area contributed by atoms with Crippen LogP contribution in [0.3, 0.4) is 0 Å². The lowest BCUT2D eigenvalue weighted by Crippen LogP contribution is -2.02. The van der Waals surface area contributed by atoms with Crippen LogP contribution in [-0.4, -0.2) is 27.8 Å². The van der Waals surface area contributed by atoms with Gasteiger partial charge >= 0.3 is 5.97 Å². The van der Waals surface area contributed by atoms with Crippen LogP contribution >= 0.6 is 15.9 Å². The number of hydrogen-bond donors (Lipinski definition) is 0. The molecule has 0 aliphatic rings. The third kappa shape index (κ3) is 3.51. The van der Waals surface area contributed by atoms with Gasteiger partial charge in [-0.15, -0.1) is 0 Å². The van der Waals surface area contributed by atoms with E-state index < -0.39 is 15.8 Å². The van der Waals surface area contributed by atoms with Crippen molar-refractivity contribution in [2.75, 3.05) is 13.4 Å². The van der Waals surface area contributed by atoms with Crippen molar-refractivity contribution in [3.05, 3.63) is 52.5 Å². The van der Waals surface area contributed by atoms with Gasteiger partial charge in [-0.2, -0.15) is 0 Å². The molecule has 21 heavy (non-hydrogen) atoms. The zero-order valence-corrected chi connectivity index (χ0v) is 13.9. The fourth-order valence-corrected chi connectivity index (χ4v) is 2.95. The summed E-state index contributed by atoms with van der Waals surface area (Å²) >= 11 is 3.29. The standard InChI is InChI=1S/C15H13BrO4S/c1-20-15(17)13-9-11(6-7-14(13)16)10-4-3-5-12(8-10)21(2,18)19/h3-9H,1-2H3. The lowest BCUT2D eigenvalue weighted by atomic mass is 10.0. The van der Waals surface area contributed by atoms with Gasteiger partial charge in [0.15, 0.2) is 9.84 Å². The van der Waals surface area contributed by atoms with Crippen molar-refractivity contribution in [2.24, 2.45) is 0 Å². The van der Waals surface area contributed by atoms with Crippen LogP contribution in [0.15, 0.2) is 51.8 Å². The molecule has 2 aromatic rings. The maximum atomic E-state index is 11.7. The number of carbonyl (C=O) groups is 1. The van der Waals surface area contributed by atoms with Gasteiger partial charge in [-0.3, -0.25) is 0 Å². The highest BCUT2D eigenvalue weighted by molar-refractivity contribution is 9.10. The molecule has 110 valence electrons. The minimum Gasteiger partial charge on any atom is -0.465 e. The summed E-state index contributed by atoms with van der Waals surface area (Å²) in [5.41, 5.74) is 1.85. The predicted molar refractivity (Wildman–Crippen MR) is 84.0 cm³/mol. The number of carbonyl (C=O) groups excluding carboxylic acids is 1. The van der Waals surface area contributed by atoms with E-state index in [4.69, 9.17) is 4.74 Å². The number of benzene rings is 2. The second kappa shape index (κ2) is 5.99. The summed E-state index contributed by atoms with van der Waals surface area (Å²) in [7, 11) is -1.96. The van der Waals surface area contributed by atoms with E-state index in [-0.39, 0.29) is 4.90 Å². The third-order valence-electron chi connectivity index (χ3n) is 2.97. The van der Waals surface area contributed by atoms with Crippen molar-refractivity contribution in [3.63, 3.8) is 0 Å². The Morgan fingerprint density at radius 1 is 1.10 bits per heavy atom. The first kappa shape index (κ1) is 15.7. The summed E-state index contributed by atoms with van der Waals surface area (Å²) in [5.74, 6) is -0.456. The predicted octanol–water partition coefficient (Wildman–Crippen LogP) is 3.31. The summed E-state index contributed by atoms with van der Waals surface area (Å²) in [6.45, 7) is 0. The van der Waals surface area contributed by atoms with Gasteiger partial charge in [0.05, 0.1) is 17.6 Å². The minimum atomic E-state index is -3.27. The van der Waals surface area contributed by atoms with Crippen molar-refractivity contribution in [1.29, 1.82) is 0 Å². The summed E-state index contributed by atoms with van der Waals surface area (Å²) in [4.78, 5) is 11.9. The van der Waals surface area contributed by atoms with Gasteiger partial charge in [0.2, 0.25) is 0 Å². The van der Waals surface area contributed by atoms with E-state index in [1.165, 1.54) is 7.11 Å². The first-order chi connectivity index (χ1) is 9.82. The molecule has 0 atom stereocenters. The monoisotopic (exact) mass is 368 g/mol. The van der Waals surface area contributed by atoms with E-state index in [9.17, 15) is 13.2 Å². The van der Waals surface area contributed by atoms with Crippen LogP contribution < -0.4 is 0 Å². The summed E-state index contributed by atoms with van der Waals surface area (Å²) < 4.78 is 28.6. The van der Waals surface area contributed by atoms with E-state index >= 15 is 0 Å². The molecule has 0 aromatic heterocycles. The Labute approximate surface area is 131 Å². The van der Waals surface area contributed by atoms with Crippen LogP contribution in [0.4, 0.5) is 0 Å². The van der Waals surface area contributed by atoms with Crippen LogP contribution in [0.2, 0.25) is 0 Å². The van der Waals surface area contributed by atoms with Crippen LogP contribution in [0, 0.1) is 0 Å². The molecule has 0 saturated heterocycles. The second-order valence-corrected chi connectivity index (χ2v) is 7.36. The molecule has 0 heterocycles. The SMILES string of the molecule is COC(=O)c1cc(-c2cccc(S(C)(=O)=O)c2)ccc1Br. The number of sulfone groups is 1. The van der Waals surface area contributed by atoms with E-state index in [1.807, 2.05) is 0 Å². The Morgan fingerprint density at radius 2 is 1.76 bits per heavy atom. The van der Waals surface area contributed by atoms with E-state index in [0.29, 0.717) is 10.0 Å². The van der Waals surface area contributed by atoms with Crippen molar-refractivity contribution in [2.45, 2.75) is 4.90 Å². The van der Waals surface area contributed by atoms with E-state index in [1.54, 1.807) is 42.5 Å². The number of ether oxygens (including phenoxy) is 1. The van der Waals surface area contributed by atoms with Gasteiger partial charge in [-0.05, 0) is 51.3 Å². The zero-order valence-electron chi connectivity index (χ0n) is 11.5. The molecular formula is C15H13BrO4S. The fourth-order valence-electron chi connectivity index (χ4n) is 1.88. The number of rotatable bonds is 3. The van der Waals surface area contributed by atoms with Crippen LogP contribution in [0.25, 0.3) is 11.1 Å². The molecule has 0 N–H and O–H groups in total. The van der Waals surface area contributed by atoms with Crippen molar-refractivity contribution in [3.8, 4) is 11.1 Å². The van der Waals surface area contributed by atoms with Crippen LogP contribution in [-0.2, 0) is 14.6 Å². The van der Waals surface area contributed by atoms with E-state index in [2.05, 4.69) is 15.9 Å². The number of esters is 1. The first-order valence-electron chi connectivity index (χ1n) is 6.01. The van der Waals surface area contributed by atoms with Gasteiger partial charge in [0.25, 0.3) is 0 Å². The van der Waals surface area contributed by atoms with Crippen LogP contribution in [0.5, 0.6) is 0 Å². The second-order valence-electron chi connectivity index (χ2n) is 4.49. The molecule has 0 spiro atoms. The van der Waals surface area contributed by atoms with Crippen molar-refractivity contribution >= 4 is 31.7 Å². The van der Waals surface area contributed by atoms with Gasteiger partial charge < -0.3 is 4.74 Å². The zero-order chi connectivity index (χ0) is 15.6. The molecular weight excluding hydrogens is 356 g/mol. The number of halogens is 1. The first-order valence-corrected chi connectivity index (χ1v) is 8.69. The summed E-state index contributed by atoms with van der Waals surface area (Å²) in [6, 6.07) is 11.8. The Bertz CT molecular complexity index is 797. The topological polar surface area (TPSA) is 60.4 Å². The molecule has 0 fully saturated rings. The highest BCUT2D eigenvalue weighted by Gasteiger charge is 2.13. The maximum Gasteiger partial charge on any atom is 0.339 e. The molecule has 0 bridgehead atoms. The highest BCUT2D eigenvalue weighted by atomic mass is 79.9. The molecule has 0 saturated carbocycles. The average molecular weight is 369 g/mol. The summed E-state index contributed by atoms with van der Waals surface area (Å²) in [6.07, 6.45) is 1.16. The normalized spacial score (nSPS) is 11.2. The van der Waals surface area contributed by atoms with Gasteiger partial charge in [-0.1, -0.05) is 18.2 Å². The molecule has 0 amide bonds. The summed E-state index contributed by atoms with van der Waals surface area (Å²) in [5, 5.41) is 0.